The molecule has 2 aromatic carbocycles. The number of piperazine rings is 1. The number of aromatic amines is 2. The Balaban J connectivity index is 0.767. The number of hydrogen-bond donors (Lipinski definition) is 3. The van der Waals surface area contributed by atoms with E-state index in [0.717, 1.165) is 79.0 Å². The first-order valence-corrected chi connectivity index (χ1v) is 18.3. The molecule has 4 fully saturated rings. The summed E-state index contributed by atoms with van der Waals surface area (Å²) in [5.74, 6) is -3.29. The average Bonchev–Trinajstić information content (AvgIpc) is 3.52. The third-order valence-electron chi connectivity index (χ3n) is 12.6. The predicted octanol–water partition coefficient (Wildman–Crippen LogP) is 5.12. The standard InChI is InChI=1S/C39H43F2N7O3/c1-38-21-32-29(20-33(38)39(38,40)41)35(45-44-32)31-18-25-2-3-26(19-30(25)42-31)37(51)48-16-14-46(15-17-48)22-23-10-12-47(13-11-23)27-6-4-24(5-7-27)28-8-9-34(49)43-36(28)50/h2-7,18-19,23,28,33,42H,8-17,20-22H2,1H3,(H,44,45)(H,43,49,50)/t28-,33+,38-/m1/s1. The normalized spacial score (nSPS) is 26.6. The molecule has 10 nitrogen and oxygen atoms in total. The van der Waals surface area contributed by atoms with Crippen molar-refractivity contribution >= 4 is 34.3 Å². The first-order chi connectivity index (χ1) is 24.6. The number of imide groups is 1. The second-order valence-electron chi connectivity index (χ2n) is 15.6. The van der Waals surface area contributed by atoms with E-state index in [0.29, 0.717) is 55.9 Å². The highest BCUT2D eigenvalue weighted by Crippen LogP contribution is 2.70. The maximum absolute atomic E-state index is 14.5. The summed E-state index contributed by atoms with van der Waals surface area (Å²) in [7, 11) is 0. The molecule has 2 aromatic heterocycles. The van der Waals surface area contributed by atoms with E-state index in [9.17, 15) is 23.2 Å². The zero-order valence-electron chi connectivity index (χ0n) is 28.8. The molecular formula is C39H43F2N7O3. The summed E-state index contributed by atoms with van der Waals surface area (Å²) >= 11 is 0. The third-order valence-corrected chi connectivity index (χ3v) is 12.6. The van der Waals surface area contributed by atoms with Crippen LogP contribution in [0.3, 0.4) is 0 Å². The predicted molar refractivity (Wildman–Crippen MR) is 189 cm³/mol. The van der Waals surface area contributed by atoms with Crippen LogP contribution in [-0.2, 0) is 22.4 Å². The van der Waals surface area contributed by atoms with Crippen LogP contribution in [0.2, 0.25) is 0 Å². The maximum atomic E-state index is 14.5. The summed E-state index contributed by atoms with van der Waals surface area (Å²) in [6, 6.07) is 16.0. The topological polar surface area (TPSA) is 117 Å². The highest BCUT2D eigenvalue weighted by atomic mass is 19.3. The molecular weight excluding hydrogens is 652 g/mol. The van der Waals surface area contributed by atoms with Crippen LogP contribution >= 0.6 is 0 Å². The fourth-order valence-electron chi connectivity index (χ4n) is 9.20. The summed E-state index contributed by atoms with van der Waals surface area (Å²) in [6.07, 6.45) is 3.80. The first kappa shape index (κ1) is 32.3. The largest absolute Gasteiger partial charge is 0.372 e. The molecule has 0 bridgehead atoms. The van der Waals surface area contributed by atoms with E-state index < -0.39 is 17.3 Å². The summed E-state index contributed by atoms with van der Waals surface area (Å²) in [4.78, 5) is 47.6. The van der Waals surface area contributed by atoms with Crippen molar-refractivity contribution in [2.45, 2.75) is 57.3 Å². The summed E-state index contributed by atoms with van der Waals surface area (Å²) in [5.41, 5.74) is 5.78. The molecule has 0 radical (unpaired) electrons. The highest BCUT2D eigenvalue weighted by Gasteiger charge is 2.78. The van der Waals surface area contributed by atoms with Crippen LogP contribution in [0, 0.1) is 17.3 Å². The zero-order valence-corrected chi connectivity index (χ0v) is 28.8. The van der Waals surface area contributed by atoms with E-state index in [1.165, 1.54) is 5.69 Å². The van der Waals surface area contributed by atoms with Gasteiger partial charge in [-0.25, -0.2) is 8.78 Å². The molecule has 5 aliphatic rings. The number of benzene rings is 2. The van der Waals surface area contributed by atoms with Gasteiger partial charge in [0.2, 0.25) is 11.8 Å². The second kappa shape index (κ2) is 12.0. The van der Waals surface area contributed by atoms with Gasteiger partial charge in [-0.05, 0) is 67.5 Å². The molecule has 51 heavy (non-hydrogen) atoms. The number of alkyl halides is 2. The number of rotatable bonds is 6. The van der Waals surface area contributed by atoms with Crippen LogP contribution < -0.4 is 10.2 Å². The van der Waals surface area contributed by atoms with Gasteiger partial charge in [-0.3, -0.25) is 29.7 Å². The van der Waals surface area contributed by atoms with Gasteiger partial charge in [-0.2, -0.15) is 5.10 Å². The van der Waals surface area contributed by atoms with Gasteiger partial charge in [-0.1, -0.05) is 25.1 Å². The number of halogens is 2. The van der Waals surface area contributed by atoms with Gasteiger partial charge in [0, 0.05) is 103 Å². The molecule has 3 N–H and O–H groups in total. The molecule has 3 saturated heterocycles. The van der Waals surface area contributed by atoms with Crippen molar-refractivity contribution in [1.29, 1.82) is 0 Å². The lowest BCUT2D eigenvalue weighted by atomic mass is 9.87. The van der Waals surface area contributed by atoms with Crippen molar-refractivity contribution < 1.29 is 23.2 Å². The molecule has 266 valence electrons. The molecule has 0 spiro atoms. The number of H-pyrrole nitrogens is 2. The summed E-state index contributed by atoms with van der Waals surface area (Å²) in [5, 5.41) is 10.9. The Bertz CT molecular complexity index is 2020. The number of fused-ring (bicyclic) bond motifs is 3. The first-order valence-electron chi connectivity index (χ1n) is 18.3. The Labute approximate surface area is 294 Å². The van der Waals surface area contributed by atoms with Crippen LogP contribution in [0.25, 0.3) is 22.3 Å². The van der Waals surface area contributed by atoms with E-state index in [1.54, 1.807) is 6.92 Å². The minimum Gasteiger partial charge on any atom is -0.372 e. The van der Waals surface area contributed by atoms with E-state index in [1.807, 2.05) is 41.3 Å². The van der Waals surface area contributed by atoms with Crippen LogP contribution in [0.4, 0.5) is 14.5 Å². The van der Waals surface area contributed by atoms with Crippen LogP contribution in [-0.4, -0.2) is 94.4 Å². The number of anilines is 1. The molecule has 5 heterocycles. The fraction of sp³-hybridized carbons (Fsp3) is 0.487. The molecule has 9 rings (SSSR count). The van der Waals surface area contributed by atoms with Crippen molar-refractivity contribution in [3.05, 3.63) is 70.9 Å². The van der Waals surface area contributed by atoms with Gasteiger partial charge in [0.15, 0.2) is 0 Å². The third kappa shape index (κ3) is 5.53. The van der Waals surface area contributed by atoms with Crippen LogP contribution in [0.15, 0.2) is 48.5 Å². The zero-order chi connectivity index (χ0) is 35.1. The number of hydrogen-bond acceptors (Lipinski definition) is 6. The lowest BCUT2D eigenvalue weighted by Gasteiger charge is -2.39. The number of amides is 3. The van der Waals surface area contributed by atoms with E-state index in [4.69, 9.17) is 0 Å². The Morgan fingerprint density at radius 1 is 0.961 bits per heavy atom. The Kier molecular flexibility index (Phi) is 7.61. The molecule has 3 aliphatic heterocycles. The van der Waals surface area contributed by atoms with Crippen molar-refractivity contribution in [2.24, 2.45) is 17.3 Å². The average molecular weight is 696 g/mol. The minimum absolute atomic E-state index is 0.0250. The molecule has 4 aromatic rings. The Morgan fingerprint density at radius 2 is 1.73 bits per heavy atom. The monoisotopic (exact) mass is 695 g/mol. The quantitative estimate of drug-likeness (QED) is 0.241. The van der Waals surface area contributed by atoms with Gasteiger partial charge in [0.05, 0.1) is 11.6 Å². The van der Waals surface area contributed by atoms with Gasteiger partial charge in [-0.15, -0.1) is 0 Å². The van der Waals surface area contributed by atoms with Crippen LogP contribution in [0.5, 0.6) is 0 Å². The SMILES string of the molecule is C[C@@]12Cc3[nH]nc(-c4cc5ccc(C(=O)N6CCN(CC7CCN(c8ccc([C@H]9CCC(=O)NC9=O)cc8)CC7)CC6)cc5[nH]4)c3C[C@@H]1C2(F)F. The minimum atomic E-state index is -2.64. The smallest absolute Gasteiger partial charge is 0.258 e. The number of carbonyl (C=O) groups excluding carboxylic acids is 3. The number of piperidine rings is 2. The van der Waals surface area contributed by atoms with Crippen molar-refractivity contribution in [1.82, 2.24) is 30.3 Å². The maximum Gasteiger partial charge on any atom is 0.258 e. The Hall–Kier alpha value is -4.58. The molecule has 2 aliphatic carbocycles. The molecule has 1 saturated carbocycles. The fourth-order valence-corrected chi connectivity index (χ4v) is 9.20. The Morgan fingerprint density at radius 3 is 2.47 bits per heavy atom. The van der Waals surface area contributed by atoms with Gasteiger partial charge < -0.3 is 14.8 Å². The van der Waals surface area contributed by atoms with Crippen molar-refractivity contribution in [2.75, 3.05) is 50.7 Å². The van der Waals surface area contributed by atoms with Gasteiger partial charge in [0.25, 0.3) is 11.8 Å². The molecule has 0 unspecified atom stereocenters. The van der Waals surface area contributed by atoms with E-state index in [2.05, 4.69) is 42.4 Å². The molecule has 12 heteroatoms. The lowest BCUT2D eigenvalue weighted by molar-refractivity contribution is -0.134. The van der Waals surface area contributed by atoms with Crippen LogP contribution in [0.1, 0.15) is 65.7 Å². The highest BCUT2D eigenvalue weighted by molar-refractivity contribution is 6.01. The van der Waals surface area contributed by atoms with Crippen molar-refractivity contribution in [3.8, 4) is 11.4 Å². The lowest BCUT2D eigenvalue weighted by Crippen LogP contribution is -2.50. The second-order valence-corrected chi connectivity index (χ2v) is 15.6. The number of aromatic nitrogens is 3. The van der Waals surface area contributed by atoms with E-state index >= 15 is 0 Å². The summed E-state index contributed by atoms with van der Waals surface area (Å²) in [6.45, 7) is 7.77. The van der Waals surface area contributed by atoms with E-state index in [-0.39, 0.29) is 23.6 Å². The van der Waals surface area contributed by atoms with Gasteiger partial charge >= 0.3 is 0 Å². The summed E-state index contributed by atoms with van der Waals surface area (Å²) < 4.78 is 28.9. The number of nitrogens with one attached hydrogen (secondary N) is 3. The van der Waals surface area contributed by atoms with Gasteiger partial charge in [0.1, 0.15) is 5.69 Å². The number of carbonyl (C=O) groups is 3. The molecule has 3 amide bonds. The van der Waals surface area contributed by atoms with Crippen molar-refractivity contribution in [3.63, 3.8) is 0 Å². The number of nitrogens with zero attached hydrogens (tertiary/aromatic N) is 4. The molecule has 3 atom stereocenters.